The van der Waals surface area contributed by atoms with E-state index in [1.165, 1.54) is 6.33 Å². The molecule has 0 saturated carbocycles. The van der Waals surface area contributed by atoms with E-state index in [2.05, 4.69) is 25.4 Å². The van der Waals surface area contributed by atoms with E-state index in [1.807, 2.05) is 32.0 Å². The average molecular weight is 376 g/mol. The molecule has 10 nitrogen and oxygen atoms in total. The van der Waals surface area contributed by atoms with Crippen LogP contribution in [0.15, 0.2) is 35.1 Å². The lowest BCUT2D eigenvalue weighted by Gasteiger charge is -2.11. The zero-order valence-electron chi connectivity index (χ0n) is 15.5. The summed E-state index contributed by atoms with van der Waals surface area (Å²) in [4.78, 5) is 4.43. The van der Waals surface area contributed by atoms with Gasteiger partial charge in [0.15, 0.2) is 17.2 Å². The maximum Gasteiger partial charge on any atom is 0.207 e. The first-order chi connectivity index (χ1) is 13.7. The fraction of sp³-hybridized carbons (Fsp3) is 0.222. The van der Waals surface area contributed by atoms with Crippen LogP contribution in [-0.2, 0) is 6.54 Å². The summed E-state index contributed by atoms with van der Waals surface area (Å²) in [6, 6.07) is 7.54. The Bertz CT molecular complexity index is 1320. The van der Waals surface area contributed by atoms with Crippen molar-refractivity contribution >= 4 is 16.4 Å². The second-order valence-corrected chi connectivity index (χ2v) is 6.21. The van der Waals surface area contributed by atoms with Crippen molar-refractivity contribution in [3.63, 3.8) is 0 Å². The van der Waals surface area contributed by atoms with E-state index in [-0.39, 0.29) is 0 Å². The molecule has 4 heterocycles. The van der Waals surface area contributed by atoms with Crippen LogP contribution in [0.25, 0.3) is 39.5 Å². The van der Waals surface area contributed by atoms with E-state index >= 15 is 0 Å². The van der Waals surface area contributed by atoms with Crippen molar-refractivity contribution in [2.24, 2.45) is 0 Å². The van der Waals surface area contributed by atoms with Crippen molar-refractivity contribution in [2.45, 2.75) is 20.4 Å². The van der Waals surface area contributed by atoms with Crippen molar-refractivity contribution in [3.8, 4) is 28.8 Å². The van der Waals surface area contributed by atoms with Crippen molar-refractivity contribution < 1.29 is 9.26 Å². The fourth-order valence-electron chi connectivity index (χ4n) is 3.29. The van der Waals surface area contributed by atoms with Crippen LogP contribution in [0.1, 0.15) is 12.7 Å². The Morgan fingerprint density at radius 1 is 1.18 bits per heavy atom. The lowest BCUT2D eigenvalue weighted by atomic mass is 10.1. The van der Waals surface area contributed by atoms with E-state index in [4.69, 9.17) is 14.4 Å². The monoisotopic (exact) mass is 376 g/mol. The molecular weight excluding hydrogens is 360 g/mol. The highest BCUT2D eigenvalue weighted by molar-refractivity contribution is 6.04. The van der Waals surface area contributed by atoms with E-state index < -0.39 is 0 Å². The summed E-state index contributed by atoms with van der Waals surface area (Å²) < 4.78 is 14.2. The van der Waals surface area contributed by atoms with Gasteiger partial charge in [0.2, 0.25) is 5.82 Å². The summed E-state index contributed by atoms with van der Waals surface area (Å²) in [6.07, 6.45) is 1.51. The Kier molecular flexibility index (Phi) is 3.57. The third-order valence-electron chi connectivity index (χ3n) is 4.55. The summed E-state index contributed by atoms with van der Waals surface area (Å²) in [5.74, 6) is 2.48. The zero-order valence-corrected chi connectivity index (χ0v) is 15.5. The molecule has 0 unspecified atom stereocenters. The van der Waals surface area contributed by atoms with Crippen LogP contribution in [0.4, 0.5) is 0 Å². The van der Waals surface area contributed by atoms with Crippen molar-refractivity contribution in [1.82, 2.24) is 39.7 Å². The average Bonchev–Trinajstić information content (AvgIpc) is 3.45. The SMILES string of the molecule is CCn1ncnc1-c1nn2c(-c3cc(C)on3)nnc2c2cccc(OC)c12. The zero-order chi connectivity index (χ0) is 19.3. The summed E-state index contributed by atoms with van der Waals surface area (Å²) in [6.45, 7) is 4.48. The minimum atomic E-state index is 0.486. The molecule has 10 heteroatoms. The maximum absolute atomic E-state index is 5.60. The number of aryl methyl sites for hydroxylation is 2. The number of hydrogen-bond acceptors (Lipinski definition) is 8. The molecule has 1 aromatic carbocycles. The number of aromatic nitrogens is 8. The lowest BCUT2D eigenvalue weighted by molar-refractivity contribution is 0.399. The first-order valence-corrected chi connectivity index (χ1v) is 8.75. The number of ether oxygens (including phenoxy) is 1. The summed E-state index contributed by atoms with van der Waals surface area (Å²) in [5, 5.41) is 23.4. The van der Waals surface area contributed by atoms with Gasteiger partial charge in [0.1, 0.15) is 23.5 Å². The molecule has 0 amide bonds. The van der Waals surface area contributed by atoms with Gasteiger partial charge in [-0.05, 0) is 19.9 Å². The number of nitrogens with zero attached hydrogens (tertiary/aromatic N) is 8. The highest BCUT2D eigenvalue weighted by Gasteiger charge is 2.22. The van der Waals surface area contributed by atoms with Gasteiger partial charge < -0.3 is 9.26 Å². The Balaban J connectivity index is 1.92. The van der Waals surface area contributed by atoms with Crippen LogP contribution in [-0.4, -0.2) is 46.8 Å². The van der Waals surface area contributed by atoms with Gasteiger partial charge in [-0.1, -0.05) is 17.3 Å². The molecule has 5 rings (SSSR count). The molecule has 4 aromatic heterocycles. The van der Waals surface area contributed by atoms with E-state index in [1.54, 1.807) is 22.4 Å². The Hall–Kier alpha value is -3.82. The third-order valence-corrected chi connectivity index (χ3v) is 4.55. The first kappa shape index (κ1) is 16.4. The highest BCUT2D eigenvalue weighted by Crippen LogP contribution is 2.35. The van der Waals surface area contributed by atoms with Gasteiger partial charge in [-0.25, -0.2) is 9.67 Å². The van der Waals surface area contributed by atoms with Crippen molar-refractivity contribution in [1.29, 1.82) is 0 Å². The normalized spacial score (nSPS) is 11.5. The van der Waals surface area contributed by atoms with E-state index in [9.17, 15) is 0 Å². The van der Waals surface area contributed by atoms with Gasteiger partial charge in [-0.2, -0.15) is 14.7 Å². The molecule has 5 aromatic rings. The number of methoxy groups -OCH3 is 1. The topological polar surface area (TPSA) is 109 Å². The van der Waals surface area contributed by atoms with Crippen molar-refractivity contribution in [3.05, 3.63) is 36.4 Å². The smallest absolute Gasteiger partial charge is 0.207 e. The van der Waals surface area contributed by atoms with Gasteiger partial charge in [0.05, 0.1) is 12.5 Å². The van der Waals surface area contributed by atoms with Crippen LogP contribution in [0.5, 0.6) is 5.75 Å². The molecule has 0 spiro atoms. The van der Waals surface area contributed by atoms with Gasteiger partial charge in [-0.3, -0.25) is 0 Å². The van der Waals surface area contributed by atoms with Crippen LogP contribution < -0.4 is 4.74 Å². The Morgan fingerprint density at radius 3 is 2.82 bits per heavy atom. The standard InChI is InChI=1S/C18H16N8O2/c1-4-25-18(19-9-20-25)15-14-11(6-5-7-13(14)27-3)16-21-22-17(26(16)23-15)12-8-10(2)28-24-12/h5-9H,4H2,1-3H3. The summed E-state index contributed by atoms with van der Waals surface area (Å²) in [5.41, 5.74) is 1.78. The van der Waals surface area contributed by atoms with Crippen LogP contribution in [0.3, 0.4) is 0 Å². The minimum absolute atomic E-state index is 0.486. The fourth-order valence-corrected chi connectivity index (χ4v) is 3.29. The molecule has 0 fully saturated rings. The van der Waals surface area contributed by atoms with Crippen LogP contribution in [0, 0.1) is 6.92 Å². The Labute approximate surface area is 158 Å². The maximum atomic E-state index is 5.60. The summed E-state index contributed by atoms with van der Waals surface area (Å²) in [7, 11) is 1.63. The van der Waals surface area contributed by atoms with Gasteiger partial charge in [-0.15, -0.1) is 10.2 Å². The largest absolute Gasteiger partial charge is 0.496 e. The second-order valence-electron chi connectivity index (χ2n) is 6.21. The molecule has 0 saturated heterocycles. The quantitative estimate of drug-likeness (QED) is 0.471. The first-order valence-electron chi connectivity index (χ1n) is 8.75. The second kappa shape index (κ2) is 6.12. The predicted molar refractivity (Wildman–Crippen MR) is 99.8 cm³/mol. The molecule has 0 aliphatic heterocycles. The van der Waals surface area contributed by atoms with Gasteiger partial charge in [0, 0.05) is 18.0 Å². The lowest BCUT2D eigenvalue weighted by Crippen LogP contribution is -2.06. The summed E-state index contributed by atoms with van der Waals surface area (Å²) >= 11 is 0. The minimum Gasteiger partial charge on any atom is -0.496 e. The molecule has 28 heavy (non-hydrogen) atoms. The van der Waals surface area contributed by atoms with Crippen LogP contribution >= 0.6 is 0 Å². The van der Waals surface area contributed by atoms with Crippen LogP contribution in [0.2, 0.25) is 0 Å². The molecule has 0 radical (unpaired) electrons. The highest BCUT2D eigenvalue weighted by atomic mass is 16.5. The predicted octanol–water partition coefficient (Wildman–Crippen LogP) is 2.53. The van der Waals surface area contributed by atoms with Gasteiger partial charge in [0.25, 0.3) is 0 Å². The third kappa shape index (κ3) is 2.27. The number of benzene rings is 1. The number of fused-ring (bicyclic) bond motifs is 3. The van der Waals surface area contributed by atoms with Crippen molar-refractivity contribution in [2.75, 3.05) is 7.11 Å². The van der Waals surface area contributed by atoms with E-state index in [0.29, 0.717) is 46.7 Å². The Morgan fingerprint density at radius 2 is 2.07 bits per heavy atom. The molecule has 0 N–H and O–H groups in total. The molecule has 0 aliphatic carbocycles. The molecule has 140 valence electrons. The van der Waals surface area contributed by atoms with E-state index in [0.717, 1.165) is 10.8 Å². The number of hydrogen-bond donors (Lipinski definition) is 0. The molecular formula is C18H16N8O2. The number of rotatable bonds is 4. The molecule has 0 atom stereocenters. The molecule has 0 bridgehead atoms. The van der Waals surface area contributed by atoms with Gasteiger partial charge >= 0.3 is 0 Å². The molecule has 0 aliphatic rings.